The first-order valence-corrected chi connectivity index (χ1v) is 5.08. The molecule has 0 unspecified atom stereocenters. The van der Waals surface area contributed by atoms with Gasteiger partial charge in [0.05, 0.1) is 0 Å². The molecule has 2 aromatic heterocycles. The van der Waals surface area contributed by atoms with Crippen molar-refractivity contribution in [1.29, 1.82) is 0 Å². The number of nitrogens with zero attached hydrogens (tertiary/aromatic N) is 2. The second-order valence-corrected chi connectivity index (χ2v) is 3.39. The van der Waals surface area contributed by atoms with Gasteiger partial charge in [0.1, 0.15) is 11.4 Å². The molecule has 0 bridgehead atoms. The summed E-state index contributed by atoms with van der Waals surface area (Å²) < 4.78 is 0. The molecule has 0 aliphatic rings. The van der Waals surface area contributed by atoms with Crippen molar-refractivity contribution in [3.8, 4) is 0 Å². The number of carboxylic acid groups (broad SMARTS) is 1. The predicted octanol–water partition coefficient (Wildman–Crippen LogP) is 1.43. The van der Waals surface area contributed by atoms with Crippen LogP contribution in [-0.4, -0.2) is 27.0 Å². The molecule has 6 heteroatoms. The van der Waals surface area contributed by atoms with E-state index in [4.69, 9.17) is 5.11 Å². The molecular weight excluding hydrogens is 234 g/mol. The number of hydrogen-bond acceptors (Lipinski definition) is 4. The van der Waals surface area contributed by atoms with Gasteiger partial charge in [-0.25, -0.2) is 9.78 Å². The fourth-order valence-electron chi connectivity index (χ4n) is 1.36. The smallest absolute Gasteiger partial charge is 0.339 e. The maximum Gasteiger partial charge on any atom is 0.339 e. The van der Waals surface area contributed by atoms with Crippen LogP contribution in [0.2, 0.25) is 0 Å². The number of aromatic nitrogens is 2. The molecule has 0 fully saturated rings. The molecule has 0 aromatic carbocycles. The molecule has 0 saturated carbocycles. The van der Waals surface area contributed by atoms with Crippen molar-refractivity contribution in [3.63, 3.8) is 0 Å². The summed E-state index contributed by atoms with van der Waals surface area (Å²) in [4.78, 5) is 30.4. The Morgan fingerprint density at radius 1 is 1.11 bits per heavy atom. The Labute approximate surface area is 102 Å². The van der Waals surface area contributed by atoms with E-state index in [0.29, 0.717) is 5.56 Å². The molecular formula is C12H9N3O3. The van der Waals surface area contributed by atoms with Gasteiger partial charge in [0, 0.05) is 24.2 Å². The molecule has 0 aliphatic carbocycles. The highest BCUT2D eigenvalue weighted by Crippen LogP contribution is 2.12. The second-order valence-electron chi connectivity index (χ2n) is 3.39. The van der Waals surface area contributed by atoms with Gasteiger partial charge in [-0.2, -0.15) is 0 Å². The summed E-state index contributed by atoms with van der Waals surface area (Å²) in [6, 6.07) is 5.92. The number of carbonyl (C=O) groups excluding carboxylic acids is 1. The van der Waals surface area contributed by atoms with Crippen LogP contribution in [0.5, 0.6) is 0 Å². The first-order chi connectivity index (χ1) is 8.68. The third-order valence-electron chi connectivity index (χ3n) is 2.21. The van der Waals surface area contributed by atoms with Crippen molar-refractivity contribution in [3.05, 3.63) is 54.0 Å². The molecule has 6 nitrogen and oxygen atoms in total. The van der Waals surface area contributed by atoms with E-state index in [1.54, 1.807) is 0 Å². The molecule has 18 heavy (non-hydrogen) atoms. The van der Waals surface area contributed by atoms with Crippen molar-refractivity contribution in [2.75, 3.05) is 5.32 Å². The Morgan fingerprint density at radius 2 is 1.83 bits per heavy atom. The number of carbonyl (C=O) groups is 2. The molecule has 1 amide bonds. The van der Waals surface area contributed by atoms with Crippen LogP contribution in [0.3, 0.4) is 0 Å². The number of anilines is 1. The molecule has 0 radical (unpaired) electrons. The maximum absolute atomic E-state index is 11.8. The second kappa shape index (κ2) is 5.05. The van der Waals surface area contributed by atoms with E-state index in [1.165, 1.54) is 42.9 Å². The van der Waals surface area contributed by atoms with Gasteiger partial charge in [0.2, 0.25) is 0 Å². The van der Waals surface area contributed by atoms with Crippen LogP contribution in [0.25, 0.3) is 0 Å². The number of nitrogens with one attached hydrogen (secondary N) is 1. The molecule has 90 valence electrons. The molecule has 2 rings (SSSR count). The number of amides is 1. The fraction of sp³-hybridized carbons (Fsp3) is 0. The Kier molecular flexibility index (Phi) is 3.29. The molecule has 0 spiro atoms. The van der Waals surface area contributed by atoms with E-state index < -0.39 is 11.9 Å². The van der Waals surface area contributed by atoms with Gasteiger partial charge in [0.25, 0.3) is 5.91 Å². The van der Waals surface area contributed by atoms with Crippen LogP contribution in [0.15, 0.2) is 42.9 Å². The van der Waals surface area contributed by atoms with E-state index in [9.17, 15) is 9.59 Å². The molecule has 0 atom stereocenters. The van der Waals surface area contributed by atoms with Crippen LogP contribution in [0.1, 0.15) is 20.7 Å². The van der Waals surface area contributed by atoms with Crippen LogP contribution in [0.4, 0.5) is 5.82 Å². The van der Waals surface area contributed by atoms with Gasteiger partial charge in [-0.1, -0.05) is 0 Å². The van der Waals surface area contributed by atoms with Gasteiger partial charge >= 0.3 is 5.97 Å². The zero-order valence-electron chi connectivity index (χ0n) is 9.20. The van der Waals surface area contributed by atoms with E-state index >= 15 is 0 Å². The number of carboxylic acids is 1. The summed E-state index contributed by atoms with van der Waals surface area (Å²) >= 11 is 0. The van der Waals surface area contributed by atoms with E-state index in [1.807, 2.05) is 0 Å². The van der Waals surface area contributed by atoms with Crippen molar-refractivity contribution >= 4 is 17.7 Å². The lowest BCUT2D eigenvalue weighted by Gasteiger charge is -2.06. The molecule has 0 saturated heterocycles. The Hall–Kier alpha value is -2.76. The summed E-state index contributed by atoms with van der Waals surface area (Å²) in [6.07, 6.45) is 4.37. The first-order valence-electron chi connectivity index (χ1n) is 5.08. The van der Waals surface area contributed by atoms with Crippen LogP contribution in [0, 0.1) is 0 Å². The SMILES string of the molecule is O=C(Nc1ncccc1C(=O)O)c1ccncc1. The van der Waals surface area contributed by atoms with Crippen LogP contribution in [-0.2, 0) is 0 Å². The van der Waals surface area contributed by atoms with E-state index in [0.717, 1.165) is 0 Å². The minimum atomic E-state index is -1.15. The lowest BCUT2D eigenvalue weighted by atomic mass is 10.2. The quantitative estimate of drug-likeness (QED) is 0.850. The minimum Gasteiger partial charge on any atom is -0.478 e. The Morgan fingerprint density at radius 3 is 2.50 bits per heavy atom. The fourth-order valence-corrected chi connectivity index (χ4v) is 1.36. The monoisotopic (exact) mass is 243 g/mol. The highest BCUT2D eigenvalue weighted by molar-refractivity contribution is 6.06. The Balaban J connectivity index is 2.25. The lowest BCUT2D eigenvalue weighted by Crippen LogP contribution is -2.15. The van der Waals surface area contributed by atoms with Gasteiger partial charge in [-0.15, -0.1) is 0 Å². The first kappa shape index (κ1) is 11.7. The third-order valence-corrected chi connectivity index (χ3v) is 2.21. The van der Waals surface area contributed by atoms with Crippen molar-refractivity contribution < 1.29 is 14.7 Å². The van der Waals surface area contributed by atoms with Gasteiger partial charge in [0.15, 0.2) is 0 Å². The average molecular weight is 243 g/mol. The minimum absolute atomic E-state index is 0.0202. The van der Waals surface area contributed by atoms with Crippen LogP contribution < -0.4 is 5.32 Å². The van der Waals surface area contributed by atoms with Gasteiger partial charge in [-0.3, -0.25) is 9.78 Å². The largest absolute Gasteiger partial charge is 0.478 e. The lowest BCUT2D eigenvalue weighted by molar-refractivity contribution is 0.0697. The summed E-state index contributed by atoms with van der Waals surface area (Å²) in [7, 11) is 0. The predicted molar refractivity (Wildman–Crippen MR) is 63.4 cm³/mol. The average Bonchev–Trinajstić information content (AvgIpc) is 2.40. The van der Waals surface area contributed by atoms with Gasteiger partial charge < -0.3 is 10.4 Å². The number of aromatic carboxylic acids is 1. The van der Waals surface area contributed by atoms with Crippen molar-refractivity contribution in [2.45, 2.75) is 0 Å². The van der Waals surface area contributed by atoms with E-state index in [2.05, 4.69) is 15.3 Å². The van der Waals surface area contributed by atoms with Gasteiger partial charge in [-0.05, 0) is 24.3 Å². The number of hydrogen-bond donors (Lipinski definition) is 2. The van der Waals surface area contributed by atoms with Crippen molar-refractivity contribution in [1.82, 2.24) is 9.97 Å². The molecule has 2 N–H and O–H groups in total. The molecule has 0 aliphatic heterocycles. The maximum atomic E-state index is 11.8. The summed E-state index contributed by atoms with van der Waals surface area (Å²) in [5.74, 6) is -1.56. The third kappa shape index (κ3) is 2.49. The normalized spacial score (nSPS) is 9.78. The number of pyridine rings is 2. The zero-order chi connectivity index (χ0) is 13.0. The Bertz CT molecular complexity index is 584. The number of rotatable bonds is 3. The van der Waals surface area contributed by atoms with Crippen molar-refractivity contribution in [2.24, 2.45) is 0 Å². The highest BCUT2D eigenvalue weighted by Gasteiger charge is 2.13. The van der Waals surface area contributed by atoms with E-state index in [-0.39, 0.29) is 11.4 Å². The topological polar surface area (TPSA) is 92.2 Å². The molecule has 2 aromatic rings. The standard InChI is InChI=1S/C12H9N3O3/c16-11(8-3-6-13-7-4-8)15-10-9(12(17)18)2-1-5-14-10/h1-7H,(H,17,18)(H,14,15,16). The molecule has 2 heterocycles. The summed E-state index contributed by atoms with van der Waals surface area (Å²) in [6.45, 7) is 0. The zero-order valence-corrected chi connectivity index (χ0v) is 9.20. The summed E-state index contributed by atoms with van der Waals surface area (Å²) in [5, 5.41) is 11.4. The van der Waals surface area contributed by atoms with Crippen LogP contribution >= 0.6 is 0 Å². The highest BCUT2D eigenvalue weighted by atomic mass is 16.4. The summed E-state index contributed by atoms with van der Waals surface area (Å²) in [5.41, 5.74) is 0.326.